The fraction of sp³-hybridized carbons (Fsp3) is 0.364. The van der Waals surface area contributed by atoms with Crippen LogP contribution in [0, 0.1) is 26.8 Å². The van der Waals surface area contributed by atoms with Crippen LogP contribution in [-0.4, -0.2) is 5.97 Å². The Kier molecular flexibility index (Phi) is 2.71. The van der Waals surface area contributed by atoms with E-state index in [-0.39, 0.29) is 5.97 Å². The summed E-state index contributed by atoms with van der Waals surface area (Å²) in [7, 11) is 0. The van der Waals surface area contributed by atoms with Gasteiger partial charge in [-0.2, -0.15) is 0 Å². The molecule has 0 saturated heterocycles. The Balaban J connectivity index is 3.10. The fourth-order valence-electron chi connectivity index (χ4n) is 1.11. The van der Waals surface area contributed by atoms with Crippen LogP contribution >= 0.6 is 0 Å². The molecule has 0 fully saturated rings. The number of esters is 1. The van der Waals surface area contributed by atoms with Crippen molar-refractivity contribution < 1.29 is 9.53 Å². The number of carbonyl (C=O) groups is 1. The molecule has 0 atom stereocenters. The lowest BCUT2D eigenvalue weighted by molar-refractivity contribution is -0.131. The van der Waals surface area contributed by atoms with Crippen molar-refractivity contribution in [1.29, 1.82) is 0 Å². The van der Waals surface area contributed by atoms with E-state index in [1.807, 2.05) is 26.8 Å². The monoisotopic (exact) mass is 177 g/mol. The first kappa shape index (κ1) is 9.78. The smallest absolute Gasteiger partial charge is 0.308 e. The highest BCUT2D eigenvalue weighted by Crippen LogP contribution is 2.22. The lowest BCUT2D eigenvalue weighted by atomic mass is 10.0. The molecule has 0 aliphatic heterocycles. The van der Waals surface area contributed by atoms with E-state index in [4.69, 9.17) is 4.74 Å². The van der Waals surface area contributed by atoms with E-state index in [1.54, 1.807) is 0 Å². The van der Waals surface area contributed by atoms with Gasteiger partial charge in [0.25, 0.3) is 0 Å². The Labute approximate surface area is 78.5 Å². The second kappa shape index (κ2) is 3.60. The number of hydrogen-bond acceptors (Lipinski definition) is 2. The molecule has 0 aliphatic carbocycles. The van der Waals surface area contributed by atoms with Crippen LogP contribution in [-0.2, 0) is 4.79 Å². The summed E-state index contributed by atoms with van der Waals surface area (Å²) in [6.45, 7) is 7.33. The maximum Gasteiger partial charge on any atom is 0.308 e. The van der Waals surface area contributed by atoms with Gasteiger partial charge in [0.2, 0.25) is 0 Å². The molecule has 2 nitrogen and oxygen atoms in total. The molecule has 13 heavy (non-hydrogen) atoms. The van der Waals surface area contributed by atoms with Gasteiger partial charge in [0.1, 0.15) is 5.75 Å². The number of aryl methyl sites for hydroxylation is 1. The van der Waals surface area contributed by atoms with Crippen LogP contribution < -0.4 is 4.74 Å². The Bertz CT molecular complexity index is 340. The van der Waals surface area contributed by atoms with Gasteiger partial charge >= 0.3 is 5.97 Å². The van der Waals surface area contributed by atoms with E-state index in [2.05, 4.69) is 6.07 Å². The van der Waals surface area contributed by atoms with Gasteiger partial charge in [-0.25, -0.2) is 0 Å². The van der Waals surface area contributed by atoms with E-state index < -0.39 is 0 Å². The summed E-state index contributed by atoms with van der Waals surface area (Å²) >= 11 is 0. The zero-order chi connectivity index (χ0) is 10.0. The first-order valence-electron chi connectivity index (χ1n) is 4.19. The molecule has 1 aromatic carbocycles. The summed E-state index contributed by atoms with van der Waals surface area (Å²) in [6.07, 6.45) is 0. The second-order valence-corrected chi connectivity index (χ2v) is 3.14. The normalized spacial score (nSPS) is 9.85. The maximum absolute atomic E-state index is 10.7. The van der Waals surface area contributed by atoms with Crippen molar-refractivity contribution in [2.75, 3.05) is 0 Å². The van der Waals surface area contributed by atoms with Crippen molar-refractivity contribution in [3.8, 4) is 5.75 Å². The van der Waals surface area contributed by atoms with Crippen LogP contribution in [0.3, 0.4) is 0 Å². The lowest BCUT2D eigenvalue weighted by Gasteiger charge is -2.09. The third-order valence-electron chi connectivity index (χ3n) is 2.16. The van der Waals surface area contributed by atoms with E-state index in [0.717, 1.165) is 16.7 Å². The fourth-order valence-corrected chi connectivity index (χ4v) is 1.11. The van der Waals surface area contributed by atoms with Crippen molar-refractivity contribution >= 4 is 5.97 Å². The van der Waals surface area contributed by atoms with Crippen LogP contribution in [0.1, 0.15) is 23.6 Å². The average molecular weight is 177 g/mol. The summed E-state index contributed by atoms with van der Waals surface area (Å²) in [5.74, 6) is 0.234. The summed E-state index contributed by atoms with van der Waals surface area (Å²) in [6, 6.07) is 4.77. The minimum Gasteiger partial charge on any atom is -0.426 e. The molecule has 0 spiro atoms. The van der Waals surface area contributed by atoms with Gasteiger partial charge in [-0.15, -0.1) is 0 Å². The third kappa shape index (κ3) is 2.08. The number of carbonyl (C=O) groups excluding carboxylic acids is 1. The topological polar surface area (TPSA) is 26.3 Å². The van der Waals surface area contributed by atoms with Gasteiger partial charge in [0.05, 0.1) is 0 Å². The molecular weight excluding hydrogens is 164 g/mol. The van der Waals surface area contributed by atoms with Gasteiger partial charge in [0.15, 0.2) is 0 Å². The average Bonchev–Trinajstić information content (AvgIpc) is 2.06. The molecule has 0 aromatic heterocycles. The zero-order valence-electron chi connectivity index (χ0n) is 8.39. The SMILES string of the molecule is CC(=O)Oc1[c]cc(C)c(C)c1C. The second-order valence-electron chi connectivity index (χ2n) is 3.14. The lowest BCUT2D eigenvalue weighted by Crippen LogP contribution is -2.04. The summed E-state index contributed by atoms with van der Waals surface area (Å²) in [4.78, 5) is 10.7. The summed E-state index contributed by atoms with van der Waals surface area (Å²) in [5, 5.41) is 0. The number of hydrogen-bond donors (Lipinski definition) is 0. The minimum absolute atomic E-state index is 0.303. The predicted molar refractivity (Wildman–Crippen MR) is 50.8 cm³/mol. The zero-order valence-corrected chi connectivity index (χ0v) is 8.39. The molecular formula is C11H13O2. The molecule has 1 radical (unpaired) electrons. The van der Waals surface area contributed by atoms with Crippen molar-refractivity contribution in [2.45, 2.75) is 27.7 Å². The molecule has 0 unspecified atom stereocenters. The largest absolute Gasteiger partial charge is 0.426 e. The molecule has 0 amide bonds. The predicted octanol–water partition coefficient (Wildman–Crippen LogP) is 2.34. The number of ether oxygens (including phenoxy) is 1. The van der Waals surface area contributed by atoms with Crippen LogP contribution in [0.5, 0.6) is 5.75 Å². The van der Waals surface area contributed by atoms with E-state index >= 15 is 0 Å². The van der Waals surface area contributed by atoms with Crippen molar-refractivity contribution in [3.63, 3.8) is 0 Å². The minimum atomic E-state index is -0.303. The highest BCUT2D eigenvalue weighted by Gasteiger charge is 2.06. The highest BCUT2D eigenvalue weighted by atomic mass is 16.5. The van der Waals surface area contributed by atoms with Crippen molar-refractivity contribution in [2.24, 2.45) is 0 Å². The Morgan fingerprint density at radius 1 is 1.31 bits per heavy atom. The van der Waals surface area contributed by atoms with E-state index in [1.165, 1.54) is 6.92 Å². The molecule has 0 N–H and O–H groups in total. The molecule has 0 saturated carbocycles. The molecule has 0 bridgehead atoms. The van der Waals surface area contributed by atoms with Crippen molar-refractivity contribution in [1.82, 2.24) is 0 Å². The van der Waals surface area contributed by atoms with Crippen LogP contribution in [0.25, 0.3) is 0 Å². The molecule has 2 heteroatoms. The summed E-state index contributed by atoms with van der Waals surface area (Å²) in [5.41, 5.74) is 3.29. The third-order valence-corrected chi connectivity index (χ3v) is 2.16. The first-order chi connectivity index (χ1) is 6.02. The van der Waals surface area contributed by atoms with E-state index in [0.29, 0.717) is 5.75 Å². The first-order valence-corrected chi connectivity index (χ1v) is 4.19. The molecule has 1 rings (SSSR count). The Hall–Kier alpha value is -1.31. The van der Waals surface area contributed by atoms with Gasteiger partial charge in [-0.05, 0) is 43.5 Å². The molecule has 0 aliphatic rings. The van der Waals surface area contributed by atoms with Gasteiger partial charge in [0, 0.05) is 13.0 Å². The van der Waals surface area contributed by atoms with Crippen molar-refractivity contribution in [3.05, 3.63) is 28.8 Å². The molecule has 69 valence electrons. The highest BCUT2D eigenvalue weighted by molar-refractivity contribution is 5.70. The quantitative estimate of drug-likeness (QED) is 0.486. The van der Waals surface area contributed by atoms with Gasteiger partial charge in [-0.1, -0.05) is 0 Å². The summed E-state index contributed by atoms with van der Waals surface area (Å²) < 4.78 is 4.99. The van der Waals surface area contributed by atoms with E-state index in [9.17, 15) is 4.79 Å². The van der Waals surface area contributed by atoms with Gasteiger partial charge < -0.3 is 4.74 Å². The van der Waals surface area contributed by atoms with Crippen LogP contribution in [0.2, 0.25) is 0 Å². The van der Waals surface area contributed by atoms with Gasteiger partial charge in [-0.3, -0.25) is 4.79 Å². The van der Waals surface area contributed by atoms with Crippen LogP contribution in [0.15, 0.2) is 6.07 Å². The molecule has 0 heterocycles. The Morgan fingerprint density at radius 3 is 2.46 bits per heavy atom. The maximum atomic E-state index is 10.7. The standard InChI is InChI=1S/C11H13O2/c1-7-5-6-11(13-10(4)12)9(3)8(7)2/h5H,1-4H3. The molecule has 1 aromatic rings. The van der Waals surface area contributed by atoms with Crippen LogP contribution in [0.4, 0.5) is 0 Å². The number of rotatable bonds is 1. The number of benzene rings is 1. The Morgan fingerprint density at radius 2 is 1.92 bits per heavy atom.